The number of hydrogen-bond donors (Lipinski definition) is 0. The van der Waals surface area contributed by atoms with Gasteiger partial charge in [0.15, 0.2) is 11.2 Å². The number of ether oxygens (including phenoxy) is 1. The van der Waals surface area contributed by atoms with Gasteiger partial charge in [0, 0.05) is 44.1 Å². The Balaban J connectivity index is 1.71. The number of hydrogen-bond acceptors (Lipinski definition) is 5. The molecule has 8 nitrogen and oxygen atoms in total. The van der Waals surface area contributed by atoms with E-state index in [1.165, 1.54) is 21.3 Å². The van der Waals surface area contributed by atoms with Crippen LogP contribution in [0.4, 0.5) is 4.39 Å². The van der Waals surface area contributed by atoms with Crippen LogP contribution in [0.25, 0.3) is 22.6 Å². The molecule has 3 aromatic heterocycles. The molecule has 9 heteroatoms. The number of pyridine rings is 1. The summed E-state index contributed by atoms with van der Waals surface area (Å²) in [5, 5.41) is 0. The van der Waals surface area contributed by atoms with Gasteiger partial charge in [-0.2, -0.15) is 0 Å². The predicted molar refractivity (Wildman–Crippen MR) is 140 cm³/mol. The van der Waals surface area contributed by atoms with Gasteiger partial charge in [0.25, 0.3) is 5.56 Å². The molecule has 192 valence electrons. The number of nitrogens with zero attached hydrogens (tertiary/aromatic N) is 5. The van der Waals surface area contributed by atoms with Crippen LogP contribution in [0, 0.1) is 12.7 Å². The average molecular weight is 504 g/mol. The van der Waals surface area contributed by atoms with Crippen molar-refractivity contribution in [1.82, 2.24) is 23.7 Å². The highest BCUT2D eigenvalue weighted by Crippen LogP contribution is 2.28. The quantitative estimate of drug-likeness (QED) is 0.332. The van der Waals surface area contributed by atoms with Crippen molar-refractivity contribution in [3.8, 4) is 17.3 Å². The van der Waals surface area contributed by atoms with Crippen LogP contribution in [-0.2, 0) is 19.6 Å². The van der Waals surface area contributed by atoms with Crippen LogP contribution in [-0.4, -0.2) is 29.8 Å². The standard InChI is InChI=1S/C28H30FN5O3/c1-4-16-33-27(35)24-26(32(5-2)28(33)36)31-25(34(24)17-19-10-12-20(29)13-11-19)22-14-15-23(30-18(22)3)37-21-8-6-7-9-21/h6-7,10-15,21H,4-5,8-9,16-17H2,1-3H3. The summed E-state index contributed by atoms with van der Waals surface area (Å²) in [5.74, 6) is 0.718. The third-order valence-corrected chi connectivity index (χ3v) is 6.68. The summed E-state index contributed by atoms with van der Waals surface area (Å²) in [6, 6.07) is 9.85. The molecule has 1 aliphatic carbocycles. The van der Waals surface area contributed by atoms with Crippen LogP contribution in [0.15, 0.2) is 58.1 Å². The molecule has 0 unspecified atom stereocenters. The molecule has 1 aromatic carbocycles. The Morgan fingerprint density at radius 2 is 1.70 bits per heavy atom. The van der Waals surface area contributed by atoms with Crippen molar-refractivity contribution in [2.45, 2.75) is 65.8 Å². The minimum absolute atomic E-state index is 0.0804. The molecular formula is C28H30FN5O3. The van der Waals surface area contributed by atoms with Crippen LogP contribution >= 0.6 is 0 Å². The van der Waals surface area contributed by atoms with Gasteiger partial charge in [0.2, 0.25) is 5.88 Å². The molecule has 0 spiro atoms. The maximum absolute atomic E-state index is 13.6. The van der Waals surface area contributed by atoms with E-state index >= 15 is 0 Å². The van der Waals surface area contributed by atoms with E-state index in [9.17, 15) is 14.0 Å². The second-order valence-corrected chi connectivity index (χ2v) is 9.27. The fraction of sp³-hybridized carbons (Fsp3) is 0.357. The molecule has 0 radical (unpaired) electrons. The van der Waals surface area contributed by atoms with E-state index in [0.29, 0.717) is 48.1 Å². The maximum atomic E-state index is 13.6. The van der Waals surface area contributed by atoms with Crippen LogP contribution in [0.3, 0.4) is 0 Å². The first-order valence-corrected chi connectivity index (χ1v) is 12.7. The molecule has 0 saturated carbocycles. The highest BCUT2D eigenvalue weighted by Gasteiger charge is 2.23. The lowest BCUT2D eigenvalue weighted by atomic mass is 10.1. The Kier molecular flexibility index (Phi) is 6.78. The van der Waals surface area contributed by atoms with Crippen molar-refractivity contribution in [2.24, 2.45) is 0 Å². The number of halogens is 1. The van der Waals surface area contributed by atoms with E-state index in [1.54, 1.807) is 12.1 Å². The molecule has 0 N–H and O–H groups in total. The fourth-order valence-corrected chi connectivity index (χ4v) is 4.83. The molecular weight excluding hydrogens is 473 g/mol. The SMILES string of the molecule is CCCn1c(=O)c2c(nc(-c3ccc(OC4CC=CC4)nc3C)n2Cc2ccc(F)cc2)n(CC)c1=O. The lowest BCUT2D eigenvalue weighted by molar-refractivity contribution is 0.207. The fourth-order valence-electron chi connectivity index (χ4n) is 4.83. The number of imidazole rings is 1. The Hall–Kier alpha value is -4.01. The molecule has 1 aliphatic rings. The van der Waals surface area contributed by atoms with Crippen LogP contribution in [0.2, 0.25) is 0 Å². The van der Waals surface area contributed by atoms with Gasteiger partial charge >= 0.3 is 5.69 Å². The van der Waals surface area contributed by atoms with Crippen molar-refractivity contribution in [3.63, 3.8) is 0 Å². The van der Waals surface area contributed by atoms with Gasteiger partial charge in [0.1, 0.15) is 17.7 Å². The van der Waals surface area contributed by atoms with Gasteiger partial charge in [-0.05, 0) is 44.0 Å². The molecule has 5 rings (SSSR count). The van der Waals surface area contributed by atoms with Crippen LogP contribution in [0.5, 0.6) is 5.88 Å². The van der Waals surface area contributed by atoms with E-state index in [2.05, 4.69) is 17.1 Å². The van der Waals surface area contributed by atoms with E-state index in [4.69, 9.17) is 9.72 Å². The van der Waals surface area contributed by atoms with Crippen molar-refractivity contribution < 1.29 is 9.13 Å². The highest BCUT2D eigenvalue weighted by atomic mass is 19.1. The molecule has 37 heavy (non-hydrogen) atoms. The highest BCUT2D eigenvalue weighted by molar-refractivity contribution is 5.78. The van der Waals surface area contributed by atoms with E-state index < -0.39 is 0 Å². The molecule has 0 fully saturated rings. The zero-order valence-electron chi connectivity index (χ0n) is 21.3. The summed E-state index contributed by atoms with van der Waals surface area (Å²) in [6.45, 7) is 6.61. The number of rotatable bonds is 8. The first-order chi connectivity index (χ1) is 17.9. The van der Waals surface area contributed by atoms with Gasteiger partial charge < -0.3 is 9.30 Å². The molecule has 0 amide bonds. The van der Waals surface area contributed by atoms with Crippen LogP contribution < -0.4 is 16.0 Å². The van der Waals surface area contributed by atoms with Gasteiger partial charge in [-0.25, -0.2) is 19.2 Å². The van der Waals surface area contributed by atoms with E-state index in [0.717, 1.165) is 24.0 Å². The molecule has 3 heterocycles. The second kappa shape index (κ2) is 10.2. The number of aromatic nitrogens is 5. The van der Waals surface area contributed by atoms with Crippen molar-refractivity contribution >= 4 is 11.2 Å². The topological polar surface area (TPSA) is 83.9 Å². The largest absolute Gasteiger partial charge is 0.474 e. The minimum Gasteiger partial charge on any atom is -0.474 e. The predicted octanol–water partition coefficient (Wildman–Crippen LogP) is 4.44. The van der Waals surface area contributed by atoms with E-state index in [-0.39, 0.29) is 29.7 Å². The van der Waals surface area contributed by atoms with Gasteiger partial charge in [-0.3, -0.25) is 13.9 Å². The normalized spacial score (nSPS) is 13.6. The number of benzene rings is 1. The van der Waals surface area contributed by atoms with Gasteiger partial charge in [0.05, 0.1) is 5.69 Å². The van der Waals surface area contributed by atoms with Crippen LogP contribution in [0.1, 0.15) is 44.4 Å². The Labute approximate surface area is 213 Å². The van der Waals surface area contributed by atoms with Crippen molar-refractivity contribution in [3.05, 3.63) is 86.5 Å². The zero-order chi connectivity index (χ0) is 26.1. The van der Waals surface area contributed by atoms with Crippen molar-refractivity contribution in [1.29, 1.82) is 0 Å². The first-order valence-electron chi connectivity index (χ1n) is 12.7. The first kappa shape index (κ1) is 24.7. The Morgan fingerprint density at radius 1 is 0.973 bits per heavy atom. The van der Waals surface area contributed by atoms with E-state index in [1.807, 2.05) is 37.5 Å². The summed E-state index contributed by atoms with van der Waals surface area (Å²) >= 11 is 0. The molecule has 4 aromatic rings. The molecule has 0 saturated heterocycles. The summed E-state index contributed by atoms with van der Waals surface area (Å²) in [7, 11) is 0. The second-order valence-electron chi connectivity index (χ2n) is 9.27. The number of aryl methyl sites for hydroxylation is 2. The lowest BCUT2D eigenvalue weighted by Crippen LogP contribution is -2.40. The molecule has 0 atom stereocenters. The molecule has 0 bridgehead atoms. The van der Waals surface area contributed by atoms with Crippen molar-refractivity contribution in [2.75, 3.05) is 0 Å². The van der Waals surface area contributed by atoms with Gasteiger partial charge in [-0.1, -0.05) is 31.2 Å². The summed E-state index contributed by atoms with van der Waals surface area (Å²) in [5.41, 5.74) is 2.14. The lowest BCUT2D eigenvalue weighted by Gasteiger charge is -2.15. The van der Waals surface area contributed by atoms with Gasteiger partial charge in [-0.15, -0.1) is 0 Å². The Morgan fingerprint density at radius 3 is 2.35 bits per heavy atom. The summed E-state index contributed by atoms with van der Waals surface area (Å²) < 4.78 is 24.3. The smallest absolute Gasteiger partial charge is 0.332 e. The number of fused-ring (bicyclic) bond motifs is 1. The zero-order valence-corrected chi connectivity index (χ0v) is 21.3. The third kappa shape index (κ3) is 4.61. The summed E-state index contributed by atoms with van der Waals surface area (Å²) in [6.07, 6.45) is 6.63. The third-order valence-electron chi connectivity index (χ3n) is 6.68. The monoisotopic (exact) mass is 503 g/mol. The molecule has 0 aliphatic heterocycles. The average Bonchev–Trinajstić information content (AvgIpc) is 3.52. The summed E-state index contributed by atoms with van der Waals surface area (Å²) in [4.78, 5) is 36.3. The minimum atomic E-state index is -0.383. The Bertz CT molecular complexity index is 1590. The maximum Gasteiger partial charge on any atom is 0.332 e.